The molecule has 0 aliphatic heterocycles. The Hall–Kier alpha value is -0.0400. The third-order valence-corrected chi connectivity index (χ3v) is 4.93. The molecule has 0 heterocycles. The van der Waals surface area contributed by atoms with Gasteiger partial charge in [0.1, 0.15) is 0 Å². The van der Waals surface area contributed by atoms with Crippen LogP contribution >= 0.6 is 0 Å². The lowest BCUT2D eigenvalue weighted by atomic mass is 9.80. The molecule has 0 aromatic carbocycles. The molecule has 1 nitrogen and oxygen atoms in total. The Kier molecular flexibility index (Phi) is 3.94. The van der Waals surface area contributed by atoms with Crippen molar-refractivity contribution < 1.29 is 0 Å². The van der Waals surface area contributed by atoms with E-state index in [1.54, 1.807) is 0 Å². The van der Waals surface area contributed by atoms with Gasteiger partial charge in [-0.25, -0.2) is 0 Å². The molecule has 0 spiro atoms. The highest BCUT2D eigenvalue weighted by molar-refractivity contribution is 4.96. The van der Waals surface area contributed by atoms with Crippen molar-refractivity contribution in [3.8, 4) is 0 Å². The molecule has 0 amide bonds. The largest absolute Gasteiger partial charge is 0.313 e. The average Bonchev–Trinajstić information content (AvgIpc) is 3.01. The molecule has 2 aliphatic rings. The van der Waals surface area contributed by atoms with Crippen molar-refractivity contribution in [2.24, 2.45) is 17.3 Å². The summed E-state index contributed by atoms with van der Waals surface area (Å²) in [6.07, 6.45) is 10.0. The summed E-state index contributed by atoms with van der Waals surface area (Å²) in [5.41, 5.74) is 0.717. The minimum absolute atomic E-state index is 0.717. The summed E-state index contributed by atoms with van der Waals surface area (Å²) in [5, 5.41) is 3.89. The lowest BCUT2D eigenvalue weighted by molar-refractivity contribution is 0.216. The van der Waals surface area contributed by atoms with Gasteiger partial charge in [0.05, 0.1) is 0 Å². The lowest BCUT2D eigenvalue weighted by Crippen LogP contribution is -2.42. The molecule has 0 radical (unpaired) electrons. The Morgan fingerprint density at radius 2 is 1.94 bits per heavy atom. The normalized spacial score (nSPS) is 37.3. The van der Waals surface area contributed by atoms with Crippen molar-refractivity contribution in [3.05, 3.63) is 0 Å². The molecule has 16 heavy (non-hydrogen) atoms. The van der Waals surface area contributed by atoms with Crippen molar-refractivity contribution in [2.45, 2.75) is 71.8 Å². The van der Waals surface area contributed by atoms with E-state index in [0.29, 0.717) is 0 Å². The first-order valence-electron chi connectivity index (χ1n) is 7.38. The molecule has 94 valence electrons. The number of rotatable bonds is 5. The van der Waals surface area contributed by atoms with Gasteiger partial charge in [-0.15, -0.1) is 0 Å². The SMILES string of the molecule is CCCC1(CNC2CC(C)CCC2C)CC1. The van der Waals surface area contributed by atoms with Gasteiger partial charge in [-0.2, -0.15) is 0 Å². The molecule has 3 atom stereocenters. The molecule has 2 saturated carbocycles. The van der Waals surface area contributed by atoms with Crippen molar-refractivity contribution in [1.82, 2.24) is 5.32 Å². The first kappa shape index (κ1) is 12.4. The highest BCUT2D eigenvalue weighted by Gasteiger charge is 2.41. The molecule has 0 saturated heterocycles. The van der Waals surface area contributed by atoms with Crippen molar-refractivity contribution in [1.29, 1.82) is 0 Å². The van der Waals surface area contributed by atoms with Gasteiger partial charge in [-0.1, -0.05) is 33.6 Å². The van der Waals surface area contributed by atoms with Crippen molar-refractivity contribution >= 4 is 0 Å². The fourth-order valence-electron chi connectivity index (χ4n) is 3.39. The Morgan fingerprint density at radius 3 is 2.56 bits per heavy atom. The van der Waals surface area contributed by atoms with Crippen LogP contribution in [0.2, 0.25) is 0 Å². The first-order valence-corrected chi connectivity index (χ1v) is 7.38. The maximum atomic E-state index is 3.89. The number of nitrogens with one attached hydrogen (secondary N) is 1. The second-order valence-corrected chi connectivity index (χ2v) is 6.63. The Morgan fingerprint density at radius 1 is 1.19 bits per heavy atom. The standard InChI is InChI=1S/C15H29N/c1-4-7-15(8-9-15)11-16-14-10-12(2)5-6-13(14)3/h12-14,16H,4-11H2,1-3H3. The third-order valence-electron chi connectivity index (χ3n) is 4.93. The van der Waals surface area contributed by atoms with Gasteiger partial charge in [0.2, 0.25) is 0 Å². The molecule has 1 heteroatoms. The summed E-state index contributed by atoms with van der Waals surface area (Å²) < 4.78 is 0. The van der Waals surface area contributed by atoms with Crippen LogP contribution in [0.5, 0.6) is 0 Å². The van der Waals surface area contributed by atoms with E-state index in [1.807, 2.05) is 0 Å². The van der Waals surface area contributed by atoms with E-state index in [0.717, 1.165) is 23.3 Å². The minimum Gasteiger partial charge on any atom is -0.313 e. The zero-order chi connectivity index (χ0) is 11.6. The zero-order valence-corrected chi connectivity index (χ0v) is 11.4. The van der Waals surface area contributed by atoms with Crippen LogP contribution in [-0.4, -0.2) is 12.6 Å². The van der Waals surface area contributed by atoms with Gasteiger partial charge >= 0.3 is 0 Å². The molecule has 0 bridgehead atoms. The van der Waals surface area contributed by atoms with Crippen LogP contribution in [0.1, 0.15) is 65.7 Å². The second-order valence-electron chi connectivity index (χ2n) is 6.63. The summed E-state index contributed by atoms with van der Waals surface area (Å²) in [4.78, 5) is 0. The van der Waals surface area contributed by atoms with Gasteiger partial charge in [-0.05, 0) is 49.4 Å². The topological polar surface area (TPSA) is 12.0 Å². The monoisotopic (exact) mass is 223 g/mol. The van der Waals surface area contributed by atoms with Gasteiger partial charge in [0.15, 0.2) is 0 Å². The minimum atomic E-state index is 0.717. The predicted octanol–water partition coefficient (Wildman–Crippen LogP) is 3.98. The zero-order valence-electron chi connectivity index (χ0n) is 11.4. The maximum Gasteiger partial charge on any atom is 0.00954 e. The van der Waals surface area contributed by atoms with E-state index in [-0.39, 0.29) is 0 Å². The Balaban J connectivity index is 1.76. The van der Waals surface area contributed by atoms with Gasteiger partial charge < -0.3 is 5.32 Å². The first-order chi connectivity index (χ1) is 7.65. The number of hydrogen-bond donors (Lipinski definition) is 1. The summed E-state index contributed by atoms with van der Waals surface area (Å²) >= 11 is 0. The quantitative estimate of drug-likeness (QED) is 0.743. The van der Waals surface area contributed by atoms with Crippen LogP contribution in [-0.2, 0) is 0 Å². The smallest absolute Gasteiger partial charge is 0.00954 e. The summed E-state index contributed by atoms with van der Waals surface area (Å²) in [6, 6.07) is 0.804. The third kappa shape index (κ3) is 3.00. The predicted molar refractivity (Wildman–Crippen MR) is 70.5 cm³/mol. The van der Waals surface area contributed by atoms with Crippen molar-refractivity contribution in [3.63, 3.8) is 0 Å². The van der Waals surface area contributed by atoms with Crippen LogP contribution in [0, 0.1) is 17.3 Å². The van der Waals surface area contributed by atoms with E-state index in [9.17, 15) is 0 Å². The van der Waals surface area contributed by atoms with E-state index in [4.69, 9.17) is 0 Å². The second kappa shape index (κ2) is 5.08. The van der Waals surface area contributed by atoms with E-state index >= 15 is 0 Å². The van der Waals surface area contributed by atoms with Gasteiger partial charge in [0.25, 0.3) is 0 Å². The van der Waals surface area contributed by atoms with Crippen molar-refractivity contribution in [2.75, 3.05) is 6.54 Å². The molecular formula is C15H29N. The Bertz CT molecular complexity index is 219. The molecule has 1 N–H and O–H groups in total. The van der Waals surface area contributed by atoms with Crippen LogP contribution in [0.15, 0.2) is 0 Å². The molecule has 0 aromatic rings. The molecule has 3 unspecified atom stereocenters. The Labute approximate surface area is 101 Å². The summed E-state index contributed by atoms with van der Waals surface area (Å²) in [7, 11) is 0. The highest BCUT2D eigenvalue weighted by Crippen LogP contribution is 2.49. The lowest BCUT2D eigenvalue weighted by Gasteiger charge is -2.34. The summed E-state index contributed by atoms with van der Waals surface area (Å²) in [5.74, 6) is 1.84. The molecule has 0 aromatic heterocycles. The highest BCUT2D eigenvalue weighted by atomic mass is 14.9. The van der Waals surface area contributed by atoms with Crippen LogP contribution in [0.3, 0.4) is 0 Å². The van der Waals surface area contributed by atoms with E-state index in [2.05, 4.69) is 26.1 Å². The van der Waals surface area contributed by atoms with Gasteiger partial charge in [0, 0.05) is 12.6 Å². The van der Waals surface area contributed by atoms with Crippen LogP contribution in [0.4, 0.5) is 0 Å². The van der Waals surface area contributed by atoms with E-state index in [1.165, 1.54) is 51.5 Å². The van der Waals surface area contributed by atoms with Gasteiger partial charge in [-0.3, -0.25) is 0 Å². The van der Waals surface area contributed by atoms with Crippen LogP contribution < -0.4 is 5.32 Å². The fraction of sp³-hybridized carbons (Fsp3) is 1.00. The fourth-order valence-corrected chi connectivity index (χ4v) is 3.39. The molecular weight excluding hydrogens is 194 g/mol. The maximum absolute atomic E-state index is 3.89. The van der Waals surface area contributed by atoms with E-state index < -0.39 is 0 Å². The molecule has 2 aliphatic carbocycles. The van der Waals surface area contributed by atoms with Crippen LogP contribution in [0.25, 0.3) is 0 Å². The average molecular weight is 223 g/mol. The summed E-state index contributed by atoms with van der Waals surface area (Å²) in [6.45, 7) is 8.47. The molecule has 2 rings (SSSR count). The molecule has 2 fully saturated rings. The number of hydrogen-bond acceptors (Lipinski definition) is 1.